The maximum absolute atomic E-state index is 13.3. The highest BCUT2D eigenvalue weighted by Crippen LogP contribution is 2.11. The van der Waals surface area contributed by atoms with Crippen LogP contribution in [-0.4, -0.2) is 10.8 Å². The molecule has 0 unspecified atom stereocenters. The minimum Gasteiger partial charge on any atom is -0.288 e. The van der Waals surface area contributed by atoms with Crippen molar-refractivity contribution in [3.63, 3.8) is 0 Å². The Morgan fingerprint density at radius 2 is 1.93 bits per heavy atom. The number of rotatable bonds is 2. The summed E-state index contributed by atoms with van der Waals surface area (Å²) in [6.45, 7) is 0. The third kappa shape index (κ3) is 1.91. The molecular formula is C12H8FNO. The first-order chi connectivity index (χ1) is 7.29. The zero-order chi connectivity index (χ0) is 10.7. The number of halogens is 1. The molecule has 0 aliphatic carbocycles. The van der Waals surface area contributed by atoms with Gasteiger partial charge in [0, 0.05) is 18.0 Å². The summed E-state index contributed by atoms with van der Waals surface area (Å²) in [4.78, 5) is 15.6. The average molecular weight is 201 g/mol. The van der Waals surface area contributed by atoms with Crippen molar-refractivity contribution < 1.29 is 9.18 Å². The van der Waals surface area contributed by atoms with Crippen molar-refractivity contribution in [2.24, 2.45) is 0 Å². The van der Waals surface area contributed by atoms with Crippen molar-refractivity contribution in [1.82, 2.24) is 4.98 Å². The van der Waals surface area contributed by atoms with Crippen molar-refractivity contribution in [2.75, 3.05) is 0 Å². The lowest BCUT2D eigenvalue weighted by Crippen LogP contribution is -2.04. The Labute approximate surface area is 86.4 Å². The van der Waals surface area contributed by atoms with Crippen LogP contribution in [0.1, 0.15) is 15.9 Å². The Hall–Kier alpha value is -2.03. The van der Waals surface area contributed by atoms with Crippen LogP contribution in [0.25, 0.3) is 0 Å². The van der Waals surface area contributed by atoms with E-state index < -0.39 is 5.82 Å². The van der Waals surface area contributed by atoms with E-state index >= 15 is 0 Å². The maximum Gasteiger partial charge on any atom is 0.197 e. The number of benzene rings is 1. The summed E-state index contributed by atoms with van der Waals surface area (Å²) in [5.41, 5.74) is 0.466. The summed E-state index contributed by atoms with van der Waals surface area (Å²) >= 11 is 0. The van der Waals surface area contributed by atoms with E-state index in [0.29, 0.717) is 5.56 Å². The van der Waals surface area contributed by atoms with Gasteiger partial charge in [-0.3, -0.25) is 9.78 Å². The first kappa shape index (κ1) is 9.52. The molecule has 3 heteroatoms. The molecule has 0 aliphatic heterocycles. The number of hydrogen-bond donors (Lipinski definition) is 0. The second kappa shape index (κ2) is 4.00. The molecule has 0 fully saturated rings. The molecule has 1 heterocycles. The van der Waals surface area contributed by atoms with Crippen LogP contribution in [0.5, 0.6) is 0 Å². The second-order valence-electron chi connectivity index (χ2n) is 3.05. The molecule has 0 amide bonds. The van der Waals surface area contributed by atoms with Gasteiger partial charge in [0.25, 0.3) is 0 Å². The summed E-state index contributed by atoms with van der Waals surface area (Å²) in [7, 11) is 0. The molecule has 0 aliphatic rings. The molecule has 0 N–H and O–H groups in total. The molecule has 74 valence electrons. The summed E-state index contributed by atoms with van der Waals surface area (Å²) in [5, 5.41) is 0. The monoisotopic (exact) mass is 201 g/mol. The van der Waals surface area contributed by atoms with E-state index in [0.717, 1.165) is 0 Å². The van der Waals surface area contributed by atoms with Crippen LogP contribution in [0.4, 0.5) is 4.39 Å². The normalized spacial score (nSPS) is 9.93. The Balaban J connectivity index is 2.42. The van der Waals surface area contributed by atoms with Crippen molar-refractivity contribution >= 4 is 5.78 Å². The predicted molar refractivity (Wildman–Crippen MR) is 54.1 cm³/mol. The zero-order valence-electron chi connectivity index (χ0n) is 7.85. The summed E-state index contributed by atoms with van der Waals surface area (Å²) in [6.07, 6.45) is 2.99. The topological polar surface area (TPSA) is 30.0 Å². The molecule has 2 aromatic rings. The number of aromatic nitrogens is 1. The van der Waals surface area contributed by atoms with Gasteiger partial charge in [0.1, 0.15) is 5.82 Å². The van der Waals surface area contributed by atoms with Gasteiger partial charge < -0.3 is 0 Å². The van der Waals surface area contributed by atoms with Gasteiger partial charge in [0.2, 0.25) is 0 Å². The molecular weight excluding hydrogens is 193 g/mol. The molecule has 2 rings (SSSR count). The first-order valence-corrected chi connectivity index (χ1v) is 4.48. The number of ketones is 1. The quantitative estimate of drug-likeness (QED) is 0.698. The maximum atomic E-state index is 13.3. The zero-order valence-corrected chi connectivity index (χ0v) is 7.85. The van der Waals surface area contributed by atoms with E-state index in [2.05, 4.69) is 4.98 Å². The highest BCUT2D eigenvalue weighted by molar-refractivity contribution is 6.08. The minimum absolute atomic E-state index is 0.0745. The van der Waals surface area contributed by atoms with E-state index in [1.807, 2.05) is 0 Å². The van der Waals surface area contributed by atoms with Gasteiger partial charge in [-0.2, -0.15) is 0 Å². The number of nitrogens with zero attached hydrogens (tertiary/aromatic N) is 1. The Morgan fingerprint density at radius 3 is 2.60 bits per heavy atom. The number of hydrogen-bond acceptors (Lipinski definition) is 2. The Bertz CT molecular complexity index is 482. The first-order valence-electron chi connectivity index (χ1n) is 4.48. The standard InChI is InChI=1S/C12H8FNO/c13-11-6-2-1-5-10(11)12(15)9-4-3-7-14-8-9/h1-8H. The SMILES string of the molecule is O=C(c1cccnc1)c1ccccc1F. The molecule has 0 spiro atoms. The smallest absolute Gasteiger partial charge is 0.197 e. The Morgan fingerprint density at radius 1 is 1.13 bits per heavy atom. The fourth-order valence-corrected chi connectivity index (χ4v) is 1.30. The lowest BCUT2D eigenvalue weighted by atomic mass is 10.0. The fraction of sp³-hybridized carbons (Fsp3) is 0. The van der Waals surface area contributed by atoms with Gasteiger partial charge in [0.15, 0.2) is 5.78 Å². The van der Waals surface area contributed by atoms with Gasteiger partial charge in [-0.1, -0.05) is 12.1 Å². The molecule has 1 aromatic carbocycles. The minimum atomic E-state index is -0.508. The number of pyridine rings is 1. The lowest BCUT2D eigenvalue weighted by molar-refractivity contribution is 0.103. The van der Waals surface area contributed by atoms with Crippen LogP contribution >= 0.6 is 0 Å². The molecule has 1 aromatic heterocycles. The summed E-state index contributed by atoms with van der Waals surface area (Å²) < 4.78 is 13.3. The lowest BCUT2D eigenvalue weighted by Gasteiger charge is -2.01. The number of carbonyl (C=O) groups is 1. The molecule has 0 bridgehead atoms. The highest BCUT2D eigenvalue weighted by atomic mass is 19.1. The van der Waals surface area contributed by atoms with Gasteiger partial charge in [-0.25, -0.2) is 4.39 Å². The predicted octanol–water partition coefficient (Wildman–Crippen LogP) is 2.45. The molecule has 2 nitrogen and oxygen atoms in total. The van der Waals surface area contributed by atoms with Crippen LogP contribution in [0.3, 0.4) is 0 Å². The van der Waals surface area contributed by atoms with E-state index in [1.54, 1.807) is 30.5 Å². The molecule has 15 heavy (non-hydrogen) atoms. The molecule has 0 atom stereocenters. The van der Waals surface area contributed by atoms with Crippen LogP contribution < -0.4 is 0 Å². The van der Waals surface area contributed by atoms with E-state index in [9.17, 15) is 9.18 Å². The fourth-order valence-electron chi connectivity index (χ4n) is 1.30. The van der Waals surface area contributed by atoms with Gasteiger partial charge in [-0.15, -0.1) is 0 Å². The van der Waals surface area contributed by atoms with Crippen LogP contribution in [0, 0.1) is 5.82 Å². The van der Waals surface area contributed by atoms with Crippen molar-refractivity contribution in [2.45, 2.75) is 0 Å². The van der Waals surface area contributed by atoms with Crippen LogP contribution in [0.15, 0.2) is 48.8 Å². The highest BCUT2D eigenvalue weighted by Gasteiger charge is 2.12. The summed E-state index contributed by atoms with van der Waals surface area (Å²) in [5.74, 6) is -0.854. The van der Waals surface area contributed by atoms with E-state index in [1.165, 1.54) is 18.3 Å². The third-order valence-corrected chi connectivity index (χ3v) is 2.04. The second-order valence-corrected chi connectivity index (χ2v) is 3.05. The van der Waals surface area contributed by atoms with E-state index in [4.69, 9.17) is 0 Å². The van der Waals surface area contributed by atoms with Crippen molar-refractivity contribution in [3.8, 4) is 0 Å². The van der Waals surface area contributed by atoms with Gasteiger partial charge in [-0.05, 0) is 24.3 Å². The van der Waals surface area contributed by atoms with Gasteiger partial charge >= 0.3 is 0 Å². The molecule has 0 saturated carbocycles. The average Bonchev–Trinajstić information content (AvgIpc) is 2.30. The number of carbonyl (C=O) groups excluding carboxylic acids is 1. The van der Waals surface area contributed by atoms with Crippen molar-refractivity contribution in [1.29, 1.82) is 0 Å². The largest absolute Gasteiger partial charge is 0.288 e. The van der Waals surface area contributed by atoms with E-state index in [-0.39, 0.29) is 11.3 Å². The summed E-state index contributed by atoms with van der Waals surface area (Å²) in [6, 6.07) is 9.17. The van der Waals surface area contributed by atoms with Crippen LogP contribution in [0.2, 0.25) is 0 Å². The third-order valence-electron chi connectivity index (χ3n) is 2.04. The van der Waals surface area contributed by atoms with Crippen LogP contribution in [-0.2, 0) is 0 Å². The molecule has 0 saturated heterocycles. The molecule has 0 radical (unpaired) electrons. The van der Waals surface area contributed by atoms with Crippen molar-refractivity contribution in [3.05, 3.63) is 65.7 Å². The Kier molecular flexibility index (Phi) is 2.54. The van der Waals surface area contributed by atoms with Gasteiger partial charge in [0.05, 0.1) is 5.56 Å².